The zero-order valence-electron chi connectivity index (χ0n) is 10.9. The summed E-state index contributed by atoms with van der Waals surface area (Å²) >= 11 is 0. The number of hydrogen-bond donors (Lipinski definition) is 0. The summed E-state index contributed by atoms with van der Waals surface area (Å²) in [5.74, 6) is 0.548. The molecule has 94 valence electrons. The third-order valence-electron chi connectivity index (χ3n) is 2.89. The maximum absolute atomic E-state index is 9.22. The molecule has 1 fully saturated rings. The van der Waals surface area contributed by atoms with Crippen LogP contribution in [0, 0.1) is 16.7 Å². The van der Waals surface area contributed by atoms with Crippen LogP contribution in [0.25, 0.3) is 0 Å². The molecule has 0 radical (unpaired) electrons. The standard InChI is InChI=1S/C13H16BNO3/c1-13(2)8-17-14(18-9-13)11-5-4-6-12(16-3)10(11)7-15/h4-6H,8-9H2,1-3H3. The number of ether oxygens (including phenoxy) is 1. The summed E-state index contributed by atoms with van der Waals surface area (Å²) in [6.45, 7) is 5.39. The Bertz CT molecular complexity index is 472. The predicted octanol–water partition coefficient (Wildman–Crippen LogP) is 1.34. The molecule has 2 rings (SSSR count). The maximum atomic E-state index is 9.22. The molecule has 4 nitrogen and oxygen atoms in total. The van der Waals surface area contributed by atoms with Crippen LogP contribution < -0.4 is 10.2 Å². The van der Waals surface area contributed by atoms with Gasteiger partial charge in [-0.3, -0.25) is 0 Å². The summed E-state index contributed by atoms with van der Waals surface area (Å²) < 4.78 is 16.6. The summed E-state index contributed by atoms with van der Waals surface area (Å²) in [7, 11) is 1.06. The molecule has 1 aromatic carbocycles. The molecule has 0 aromatic heterocycles. The van der Waals surface area contributed by atoms with Crippen LogP contribution >= 0.6 is 0 Å². The van der Waals surface area contributed by atoms with E-state index < -0.39 is 7.12 Å². The molecule has 1 saturated heterocycles. The van der Waals surface area contributed by atoms with Crippen molar-refractivity contribution in [2.24, 2.45) is 5.41 Å². The van der Waals surface area contributed by atoms with Crippen molar-refractivity contribution in [1.29, 1.82) is 5.26 Å². The highest BCUT2D eigenvalue weighted by Gasteiger charge is 2.35. The molecule has 1 aromatic rings. The Morgan fingerprint density at radius 2 is 2.00 bits per heavy atom. The second kappa shape index (κ2) is 5.01. The van der Waals surface area contributed by atoms with E-state index in [0.717, 1.165) is 5.46 Å². The molecule has 0 N–H and O–H groups in total. The molecule has 0 aliphatic carbocycles. The molecule has 5 heteroatoms. The van der Waals surface area contributed by atoms with Gasteiger partial charge in [-0.25, -0.2) is 0 Å². The van der Waals surface area contributed by atoms with Gasteiger partial charge in [-0.05, 0) is 6.07 Å². The number of nitrogens with zero attached hydrogens (tertiary/aromatic N) is 1. The Balaban J connectivity index is 2.27. The van der Waals surface area contributed by atoms with Crippen molar-refractivity contribution in [1.82, 2.24) is 0 Å². The van der Waals surface area contributed by atoms with Gasteiger partial charge in [0.25, 0.3) is 0 Å². The fraction of sp³-hybridized carbons (Fsp3) is 0.462. The smallest absolute Gasteiger partial charge is 0.495 e. The molecule has 18 heavy (non-hydrogen) atoms. The number of benzene rings is 1. The van der Waals surface area contributed by atoms with Gasteiger partial charge < -0.3 is 14.0 Å². The van der Waals surface area contributed by atoms with Crippen LogP contribution in [-0.4, -0.2) is 27.4 Å². The van der Waals surface area contributed by atoms with E-state index in [1.807, 2.05) is 12.1 Å². The van der Waals surface area contributed by atoms with E-state index in [1.54, 1.807) is 13.2 Å². The number of hydrogen-bond acceptors (Lipinski definition) is 4. The average Bonchev–Trinajstić information content (AvgIpc) is 2.37. The Morgan fingerprint density at radius 1 is 1.33 bits per heavy atom. The SMILES string of the molecule is COc1cccc(B2OCC(C)(C)CO2)c1C#N. The van der Waals surface area contributed by atoms with E-state index in [-0.39, 0.29) is 5.41 Å². The highest BCUT2D eigenvalue weighted by Crippen LogP contribution is 2.23. The molecule has 1 aliphatic heterocycles. The minimum atomic E-state index is -0.484. The minimum Gasteiger partial charge on any atom is -0.495 e. The van der Waals surface area contributed by atoms with E-state index in [4.69, 9.17) is 14.0 Å². The fourth-order valence-corrected chi connectivity index (χ4v) is 1.91. The number of rotatable bonds is 2. The first kappa shape index (κ1) is 12.9. The lowest BCUT2D eigenvalue weighted by molar-refractivity contribution is 0.0343. The second-order valence-electron chi connectivity index (χ2n) is 5.15. The zero-order valence-corrected chi connectivity index (χ0v) is 10.9. The summed E-state index contributed by atoms with van der Waals surface area (Å²) in [4.78, 5) is 0. The van der Waals surface area contributed by atoms with E-state index in [2.05, 4.69) is 19.9 Å². The number of methoxy groups -OCH3 is 1. The van der Waals surface area contributed by atoms with Gasteiger partial charge in [0.1, 0.15) is 11.8 Å². The third-order valence-corrected chi connectivity index (χ3v) is 2.89. The molecule has 0 bridgehead atoms. The average molecular weight is 245 g/mol. The quantitative estimate of drug-likeness (QED) is 0.737. The molecule has 0 amide bonds. The number of nitriles is 1. The van der Waals surface area contributed by atoms with Crippen molar-refractivity contribution in [3.63, 3.8) is 0 Å². The molecule has 0 atom stereocenters. The fourth-order valence-electron chi connectivity index (χ4n) is 1.91. The second-order valence-corrected chi connectivity index (χ2v) is 5.15. The van der Waals surface area contributed by atoms with Crippen LogP contribution in [0.2, 0.25) is 0 Å². The molecular weight excluding hydrogens is 229 g/mol. The molecular formula is C13H16BNO3. The van der Waals surface area contributed by atoms with Crippen molar-refractivity contribution in [2.45, 2.75) is 13.8 Å². The summed E-state index contributed by atoms with van der Waals surface area (Å²) in [6, 6.07) is 7.58. The highest BCUT2D eigenvalue weighted by molar-refractivity contribution is 6.62. The van der Waals surface area contributed by atoms with Gasteiger partial charge in [-0.15, -0.1) is 0 Å². The molecule has 0 spiro atoms. The van der Waals surface area contributed by atoms with Crippen LogP contribution in [0.5, 0.6) is 5.75 Å². The van der Waals surface area contributed by atoms with Gasteiger partial charge in [0.15, 0.2) is 0 Å². The van der Waals surface area contributed by atoms with Gasteiger partial charge >= 0.3 is 7.12 Å². The monoisotopic (exact) mass is 245 g/mol. The minimum absolute atomic E-state index is 0.0160. The van der Waals surface area contributed by atoms with Crippen molar-refractivity contribution in [2.75, 3.05) is 20.3 Å². The zero-order chi connectivity index (χ0) is 13.2. The molecule has 1 aliphatic rings. The molecule has 1 heterocycles. The summed E-state index contributed by atoms with van der Waals surface area (Å²) in [5.41, 5.74) is 1.22. The van der Waals surface area contributed by atoms with E-state index >= 15 is 0 Å². The third kappa shape index (κ3) is 2.50. The highest BCUT2D eigenvalue weighted by atomic mass is 16.6. The lowest BCUT2D eigenvalue weighted by Crippen LogP contribution is -2.48. The van der Waals surface area contributed by atoms with Crippen molar-refractivity contribution < 1.29 is 14.0 Å². The van der Waals surface area contributed by atoms with Crippen LogP contribution in [-0.2, 0) is 9.31 Å². The Hall–Kier alpha value is -1.51. The first-order valence-electron chi connectivity index (χ1n) is 5.87. The van der Waals surface area contributed by atoms with Crippen LogP contribution in [0.15, 0.2) is 18.2 Å². The lowest BCUT2D eigenvalue weighted by atomic mass is 9.73. The van der Waals surface area contributed by atoms with Crippen molar-refractivity contribution in [3.05, 3.63) is 23.8 Å². The summed E-state index contributed by atoms with van der Waals surface area (Å²) in [6.07, 6.45) is 0. The van der Waals surface area contributed by atoms with Crippen molar-refractivity contribution in [3.8, 4) is 11.8 Å². The van der Waals surface area contributed by atoms with Crippen LogP contribution in [0.1, 0.15) is 19.4 Å². The van der Waals surface area contributed by atoms with Gasteiger partial charge in [-0.1, -0.05) is 26.0 Å². The molecule has 0 saturated carbocycles. The van der Waals surface area contributed by atoms with E-state index in [1.165, 1.54) is 0 Å². The largest absolute Gasteiger partial charge is 0.495 e. The topological polar surface area (TPSA) is 51.5 Å². The summed E-state index contributed by atoms with van der Waals surface area (Å²) in [5, 5.41) is 9.22. The van der Waals surface area contributed by atoms with Gasteiger partial charge in [0.2, 0.25) is 0 Å². The Morgan fingerprint density at radius 3 is 2.56 bits per heavy atom. The first-order valence-corrected chi connectivity index (χ1v) is 5.87. The Kier molecular flexibility index (Phi) is 3.60. The Labute approximate surface area is 108 Å². The maximum Gasteiger partial charge on any atom is 0.495 e. The van der Waals surface area contributed by atoms with E-state index in [9.17, 15) is 5.26 Å². The van der Waals surface area contributed by atoms with Gasteiger partial charge in [-0.2, -0.15) is 5.26 Å². The van der Waals surface area contributed by atoms with Crippen LogP contribution in [0.3, 0.4) is 0 Å². The van der Waals surface area contributed by atoms with E-state index in [0.29, 0.717) is 24.5 Å². The van der Waals surface area contributed by atoms with Gasteiger partial charge in [0, 0.05) is 24.1 Å². The first-order chi connectivity index (χ1) is 8.57. The normalized spacial score (nSPS) is 18.2. The lowest BCUT2D eigenvalue weighted by Gasteiger charge is -2.33. The van der Waals surface area contributed by atoms with Gasteiger partial charge in [0.05, 0.1) is 12.7 Å². The predicted molar refractivity (Wildman–Crippen MR) is 68.8 cm³/mol. The van der Waals surface area contributed by atoms with Crippen molar-refractivity contribution >= 4 is 12.6 Å². The van der Waals surface area contributed by atoms with Crippen LogP contribution in [0.4, 0.5) is 0 Å². The molecule has 0 unspecified atom stereocenters.